The van der Waals surface area contributed by atoms with Gasteiger partial charge in [0, 0.05) is 19.2 Å². The smallest absolute Gasteiger partial charge is 0.313 e. The van der Waals surface area contributed by atoms with Crippen LogP contribution in [0.25, 0.3) is 0 Å². The lowest BCUT2D eigenvalue weighted by Gasteiger charge is -2.37. The van der Waals surface area contributed by atoms with Crippen LogP contribution in [0.15, 0.2) is 24.4 Å². The van der Waals surface area contributed by atoms with E-state index in [4.69, 9.17) is 11.6 Å². The number of hydrogen-bond donors (Lipinski definition) is 1. The summed E-state index contributed by atoms with van der Waals surface area (Å²) in [5.41, 5.74) is -1.50. The Hall–Kier alpha value is -1.89. The van der Waals surface area contributed by atoms with Gasteiger partial charge in [-0.3, -0.25) is 20.2 Å². The minimum Gasteiger partial charge on any atom is -0.347 e. The standard InChI is InChI=1S/C12H15ClN4O3/c13-8-11(18)15-12(17(19)20)5-3-7-16(9-12)10-4-1-2-6-14-10/h1-2,4,6H,3,5,7-9H2,(H,15,18). The van der Waals surface area contributed by atoms with Gasteiger partial charge in [0.2, 0.25) is 5.91 Å². The van der Waals surface area contributed by atoms with Crippen molar-refractivity contribution in [3.8, 4) is 0 Å². The van der Waals surface area contributed by atoms with Crippen LogP contribution in [0.3, 0.4) is 0 Å². The summed E-state index contributed by atoms with van der Waals surface area (Å²) >= 11 is 5.43. The molecule has 20 heavy (non-hydrogen) atoms. The van der Waals surface area contributed by atoms with E-state index in [-0.39, 0.29) is 18.8 Å². The van der Waals surface area contributed by atoms with Gasteiger partial charge in [0.1, 0.15) is 18.2 Å². The molecule has 2 rings (SSSR count). The molecule has 1 N–H and O–H groups in total. The van der Waals surface area contributed by atoms with Gasteiger partial charge in [-0.2, -0.15) is 0 Å². The molecule has 7 nitrogen and oxygen atoms in total. The first-order chi connectivity index (χ1) is 9.57. The van der Waals surface area contributed by atoms with Crippen LogP contribution >= 0.6 is 11.6 Å². The number of nitro groups is 1. The Morgan fingerprint density at radius 2 is 2.40 bits per heavy atom. The molecular formula is C12H15ClN4O3. The second-order valence-corrected chi connectivity index (χ2v) is 4.95. The Kier molecular flexibility index (Phi) is 4.39. The summed E-state index contributed by atoms with van der Waals surface area (Å²) in [5.74, 6) is -0.163. The fraction of sp³-hybridized carbons (Fsp3) is 0.500. The minimum atomic E-state index is -1.50. The largest absolute Gasteiger partial charge is 0.347 e. The maximum absolute atomic E-state index is 11.5. The molecule has 1 aromatic rings. The van der Waals surface area contributed by atoms with Crippen molar-refractivity contribution in [2.45, 2.75) is 18.5 Å². The van der Waals surface area contributed by atoms with E-state index in [9.17, 15) is 14.9 Å². The molecule has 0 aliphatic carbocycles. The van der Waals surface area contributed by atoms with Crippen LogP contribution in [0.4, 0.5) is 5.82 Å². The molecule has 0 bridgehead atoms. The average Bonchev–Trinajstić information content (AvgIpc) is 2.48. The number of piperidine rings is 1. The molecule has 0 saturated carbocycles. The fourth-order valence-corrected chi connectivity index (χ4v) is 2.43. The maximum atomic E-state index is 11.5. The van der Waals surface area contributed by atoms with Crippen LogP contribution in [0.1, 0.15) is 12.8 Å². The van der Waals surface area contributed by atoms with E-state index in [1.165, 1.54) is 0 Å². The summed E-state index contributed by atoms with van der Waals surface area (Å²) in [4.78, 5) is 28.4. The van der Waals surface area contributed by atoms with Crippen molar-refractivity contribution in [2.75, 3.05) is 23.9 Å². The SMILES string of the molecule is O=C(CCl)NC1([N+](=O)[O-])CCCN(c2ccccn2)C1. The molecule has 1 aliphatic rings. The lowest BCUT2D eigenvalue weighted by molar-refractivity contribution is -0.575. The van der Waals surface area contributed by atoms with Crippen LogP contribution in [0.5, 0.6) is 0 Å². The van der Waals surface area contributed by atoms with Gasteiger partial charge in [-0.15, -0.1) is 11.6 Å². The number of aromatic nitrogens is 1. The lowest BCUT2D eigenvalue weighted by atomic mass is 9.98. The number of carbonyl (C=O) groups excluding carboxylic acids is 1. The number of nitrogens with zero attached hydrogens (tertiary/aromatic N) is 3. The number of pyridine rings is 1. The zero-order chi connectivity index (χ0) is 14.6. The van der Waals surface area contributed by atoms with Crippen molar-refractivity contribution in [1.82, 2.24) is 10.3 Å². The Morgan fingerprint density at radius 1 is 1.60 bits per heavy atom. The molecule has 1 amide bonds. The third kappa shape index (κ3) is 2.98. The molecule has 1 unspecified atom stereocenters. The molecular weight excluding hydrogens is 284 g/mol. The van der Waals surface area contributed by atoms with E-state index in [1.54, 1.807) is 23.2 Å². The molecule has 0 radical (unpaired) electrons. The number of halogens is 1. The van der Waals surface area contributed by atoms with Crippen LogP contribution in [0, 0.1) is 10.1 Å². The Bertz CT molecular complexity index is 499. The van der Waals surface area contributed by atoms with Gasteiger partial charge >= 0.3 is 5.66 Å². The van der Waals surface area contributed by atoms with Crippen LogP contribution in [-0.2, 0) is 4.79 Å². The van der Waals surface area contributed by atoms with Crippen LogP contribution in [0.2, 0.25) is 0 Å². The zero-order valence-corrected chi connectivity index (χ0v) is 11.5. The van der Waals surface area contributed by atoms with Crippen molar-refractivity contribution in [1.29, 1.82) is 0 Å². The highest BCUT2D eigenvalue weighted by atomic mass is 35.5. The summed E-state index contributed by atoms with van der Waals surface area (Å²) in [6.45, 7) is 0.753. The molecule has 1 aromatic heterocycles. The maximum Gasteiger partial charge on any atom is 0.313 e. The van der Waals surface area contributed by atoms with Crippen LogP contribution in [-0.4, -0.2) is 40.4 Å². The summed E-state index contributed by atoms with van der Waals surface area (Å²) in [6, 6.07) is 5.39. The van der Waals surface area contributed by atoms with Gasteiger partial charge in [-0.25, -0.2) is 4.98 Å². The number of carbonyl (C=O) groups is 1. The van der Waals surface area contributed by atoms with E-state index in [2.05, 4.69) is 10.3 Å². The molecule has 1 aliphatic heterocycles. The van der Waals surface area contributed by atoms with Gasteiger partial charge in [-0.05, 0) is 18.6 Å². The predicted octanol–water partition coefficient (Wildman–Crippen LogP) is 1.01. The second-order valence-electron chi connectivity index (χ2n) is 4.68. The average molecular weight is 299 g/mol. The second kappa shape index (κ2) is 6.04. The first-order valence-corrected chi connectivity index (χ1v) is 6.78. The third-order valence-electron chi connectivity index (χ3n) is 3.29. The Morgan fingerprint density at radius 3 is 3.00 bits per heavy atom. The van der Waals surface area contributed by atoms with Crippen molar-refractivity contribution in [3.05, 3.63) is 34.5 Å². The Labute approximate surface area is 121 Å². The van der Waals surface area contributed by atoms with E-state index in [0.717, 1.165) is 0 Å². The van der Waals surface area contributed by atoms with E-state index in [1.807, 2.05) is 6.07 Å². The fourth-order valence-electron chi connectivity index (χ4n) is 2.36. The number of nitrogens with one attached hydrogen (secondary N) is 1. The zero-order valence-electron chi connectivity index (χ0n) is 10.8. The molecule has 2 heterocycles. The van der Waals surface area contributed by atoms with Crippen molar-refractivity contribution in [2.24, 2.45) is 0 Å². The van der Waals surface area contributed by atoms with E-state index in [0.29, 0.717) is 18.8 Å². The minimum absolute atomic E-state index is 0.0830. The summed E-state index contributed by atoms with van der Waals surface area (Å²) in [6.07, 6.45) is 2.52. The molecule has 1 fully saturated rings. The van der Waals surface area contributed by atoms with E-state index < -0.39 is 16.5 Å². The molecule has 1 atom stereocenters. The van der Waals surface area contributed by atoms with Gasteiger partial charge in [0.05, 0.1) is 4.92 Å². The third-order valence-corrected chi connectivity index (χ3v) is 3.53. The highest BCUT2D eigenvalue weighted by molar-refractivity contribution is 6.27. The quantitative estimate of drug-likeness (QED) is 0.388. The Balaban J connectivity index is 2.21. The number of rotatable bonds is 4. The van der Waals surface area contributed by atoms with Gasteiger partial charge in [-0.1, -0.05) is 6.07 Å². The highest BCUT2D eigenvalue weighted by Crippen LogP contribution is 2.25. The molecule has 108 valence electrons. The summed E-state index contributed by atoms with van der Waals surface area (Å²) in [5, 5.41) is 13.8. The number of hydrogen-bond acceptors (Lipinski definition) is 5. The van der Waals surface area contributed by atoms with E-state index >= 15 is 0 Å². The van der Waals surface area contributed by atoms with Crippen molar-refractivity contribution < 1.29 is 9.72 Å². The highest BCUT2D eigenvalue weighted by Gasteiger charge is 2.48. The van der Waals surface area contributed by atoms with Crippen molar-refractivity contribution >= 4 is 23.3 Å². The topological polar surface area (TPSA) is 88.4 Å². The van der Waals surface area contributed by atoms with Crippen molar-refractivity contribution in [3.63, 3.8) is 0 Å². The summed E-state index contributed by atoms with van der Waals surface area (Å²) in [7, 11) is 0. The van der Waals surface area contributed by atoms with Crippen LogP contribution < -0.4 is 10.2 Å². The van der Waals surface area contributed by atoms with Gasteiger partial charge < -0.3 is 4.90 Å². The molecule has 8 heteroatoms. The monoisotopic (exact) mass is 298 g/mol. The number of amides is 1. The normalized spacial score (nSPS) is 22.4. The van der Waals surface area contributed by atoms with Gasteiger partial charge in [0.25, 0.3) is 0 Å². The lowest BCUT2D eigenvalue weighted by Crippen LogP contribution is -2.63. The predicted molar refractivity (Wildman–Crippen MR) is 74.3 cm³/mol. The number of alkyl halides is 1. The first-order valence-electron chi connectivity index (χ1n) is 6.25. The molecule has 0 spiro atoms. The first kappa shape index (κ1) is 14.5. The molecule has 1 saturated heterocycles. The van der Waals surface area contributed by atoms with Gasteiger partial charge in [0.15, 0.2) is 0 Å². The summed E-state index contributed by atoms with van der Waals surface area (Å²) < 4.78 is 0. The number of anilines is 1. The molecule has 0 aromatic carbocycles.